The van der Waals surface area contributed by atoms with Crippen molar-refractivity contribution in [2.75, 3.05) is 20.1 Å². The summed E-state index contributed by atoms with van der Waals surface area (Å²) < 4.78 is 0. The normalized spacial score (nSPS) is 20.6. The quantitative estimate of drug-likeness (QED) is 0.890. The van der Waals surface area contributed by atoms with E-state index in [9.17, 15) is 4.79 Å². The molecule has 1 N–H and O–H groups in total. The number of rotatable bonds is 3. The molecule has 1 aromatic heterocycles. The molecule has 1 amide bonds. The zero-order chi connectivity index (χ0) is 12.3. The minimum Gasteiger partial charge on any atom is -0.341 e. The van der Waals surface area contributed by atoms with Crippen LogP contribution in [0.1, 0.15) is 22.6 Å². The number of piperidine rings is 1. The van der Waals surface area contributed by atoms with Crippen LogP contribution in [0, 0.1) is 6.92 Å². The fourth-order valence-corrected chi connectivity index (χ4v) is 3.16. The molecular weight excluding hydrogens is 232 g/mol. The van der Waals surface area contributed by atoms with Crippen molar-refractivity contribution in [1.82, 2.24) is 10.2 Å². The van der Waals surface area contributed by atoms with Gasteiger partial charge in [0.1, 0.15) is 0 Å². The first kappa shape index (κ1) is 12.6. The SMILES string of the molecule is CNC1CCCN(C(=O)Cc2ccc(C)s2)C1. The molecular formula is C13H20N2OS. The molecule has 1 aliphatic rings. The van der Waals surface area contributed by atoms with E-state index >= 15 is 0 Å². The summed E-state index contributed by atoms with van der Waals surface area (Å²) in [6.45, 7) is 3.86. The zero-order valence-electron chi connectivity index (χ0n) is 10.5. The standard InChI is InChI=1S/C13H20N2OS/c1-10-5-6-12(17-10)8-13(16)15-7-3-4-11(9-15)14-2/h5-6,11,14H,3-4,7-9H2,1-2H3. The molecule has 2 rings (SSSR count). The highest BCUT2D eigenvalue weighted by Gasteiger charge is 2.22. The molecule has 1 saturated heterocycles. The van der Waals surface area contributed by atoms with Crippen LogP contribution in [0.5, 0.6) is 0 Å². The van der Waals surface area contributed by atoms with E-state index < -0.39 is 0 Å². The van der Waals surface area contributed by atoms with Gasteiger partial charge < -0.3 is 10.2 Å². The second-order valence-electron chi connectivity index (χ2n) is 4.66. The Hall–Kier alpha value is -0.870. The first-order valence-corrected chi connectivity index (χ1v) is 7.01. The summed E-state index contributed by atoms with van der Waals surface area (Å²) in [6.07, 6.45) is 2.86. The Morgan fingerprint density at radius 2 is 2.41 bits per heavy atom. The van der Waals surface area contributed by atoms with Gasteiger partial charge in [-0.3, -0.25) is 4.79 Å². The van der Waals surface area contributed by atoms with Crippen molar-refractivity contribution in [3.63, 3.8) is 0 Å². The van der Waals surface area contributed by atoms with Crippen LogP contribution in [0.2, 0.25) is 0 Å². The Kier molecular flexibility index (Phi) is 4.18. The molecule has 1 atom stereocenters. The third-order valence-electron chi connectivity index (χ3n) is 3.30. The van der Waals surface area contributed by atoms with Gasteiger partial charge >= 0.3 is 0 Å². The fourth-order valence-electron chi connectivity index (χ4n) is 2.28. The van der Waals surface area contributed by atoms with Crippen LogP contribution in [0.15, 0.2) is 12.1 Å². The highest BCUT2D eigenvalue weighted by Crippen LogP contribution is 2.18. The van der Waals surface area contributed by atoms with Crippen molar-refractivity contribution in [2.24, 2.45) is 0 Å². The number of carbonyl (C=O) groups excluding carboxylic acids is 1. The Labute approximate surface area is 107 Å². The van der Waals surface area contributed by atoms with Gasteiger partial charge in [-0.15, -0.1) is 11.3 Å². The molecule has 17 heavy (non-hydrogen) atoms. The molecule has 3 nitrogen and oxygen atoms in total. The predicted octanol–water partition coefficient (Wildman–Crippen LogP) is 1.81. The summed E-state index contributed by atoms with van der Waals surface area (Å²) in [5.74, 6) is 0.270. The van der Waals surface area contributed by atoms with Gasteiger partial charge in [-0.2, -0.15) is 0 Å². The lowest BCUT2D eigenvalue weighted by Crippen LogP contribution is -2.47. The van der Waals surface area contributed by atoms with Gasteiger partial charge in [0.05, 0.1) is 6.42 Å². The van der Waals surface area contributed by atoms with Gasteiger partial charge in [0.25, 0.3) is 0 Å². The lowest BCUT2D eigenvalue weighted by molar-refractivity contribution is -0.131. The predicted molar refractivity (Wildman–Crippen MR) is 71.4 cm³/mol. The summed E-state index contributed by atoms with van der Waals surface area (Å²) >= 11 is 1.72. The summed E-state index contributed by atoms with van der Waals surface area (Å²) in [4.78, 5) is 16.6. The van der Waals surface area contributed by atoms with E-state index in [-0.39, 0.29) is 5.91 Å². The molecule has 0 aromatic carbocycles. The third kappa shape index (κ3) is 3.30. The molecule has 1 fully saturated rings. The maximum absolute atomic E-state index is 12.1. The molecule has 4 heteroatoms. The van der Waals surface area contributed by atoms with E-state index in [1.54, 1.807) is 11.3 Å². The Morgan fingerprint density at radius 1 is 1.59 bits per heavy atom. The zero-order valence-corrected chi connectivity index (χ0v) is 11.3. The average molecular weight is 252 g/mol. The lowest BCUT2D eigenvalue weighted by atomic mass is 10.1. The molecule has 0 aliphatic carbocycles. The Balaban J connectivity index is 1.91. The number of nitrogens with one attached hydrogen (secondary N) is 1. The van der Waals surface area contributed by atoms with Crippen LogP contribution in [0.25, 0.3) is 0 Å². The van der Waals surface area contributed by atoms with Gasteiger partial charge in [0.2, 0.25) is 5.91 Å². The maximum Gasteiger partial charge on any atom is 0.227 e. The molecule has 0 spiro atoms. The summed E-state index contributed by atoms with van der Waals surface area (Å²) in [5, 5.41) is 3.27. The fraction of sp³-hybridized carbons (Fsp3) is 0.615. The average Bonchev–Trinajstić information content (AvgIpc) is 2.75. The van der Waals surface area contributed by atoms with Crippen molar-refractivity contribution in [3.8, 4) is 0 Å². The summed E-state index contributed by atoms with van der Waals surface area (Å²) in [7, 11) is 1.97. The van der Waals surface area contributed by atoms with Crippen LogP contribution in [0.3, 0.4) is 0 Å². The molecule has 2 heterocycles. The second-order valence-corrected chi connectivity index (χ2v) is 6.03. The number of amides is 1. The highest BCUT2D eigenvalue weighted by atomic mass is 32.1. The van der Waals surface area contributed by atoms with E-state index in [4.69, 9.17) is 0 Å². The first-order chi connectivity index (χ1) is 8.19. The Bertz CT molecular complexity index is 389. The van der Waals surface area contributed by atoms with Crippen molar-refractivity contribution in [2.45, 2.75) is 32.2 Å². The van der Waals surface area contributed by atoms with Crippen molar-refractivity contribution >= 4 is 17.2 Å². The minimum atomic E-state index is 0.270. The van der Waals surface area contributed by atoms with Gasteiger partial charge in [0.15, 0.2) is 0 Å². The molecule has 0 saturated carbocycles. The van der Waals surface area contributed by atoms with Crippen molar-refractivity contribution in [1.29, 1.82) is 0 Å². The van der Waals surface area contributed by atoms with E-state index in [1.807, 2.05) is 11.9 Å². The molecule has 1 unspecified atom stereocenters. The number of hydrogen-bond donors (Lipinski definition) is 1. The van der Waals surface area contributed by atoms with Crippen molar-refractivity contribution < 1.29 is 4.79 Å². The monoisotopic (exact) mass is 252 g/mol. The largest absolute Gasteiger partial charge is 0.341 e. The number of likely N-dealkylation sites (tertiary alicyclic amines) is 1. The van der Waals surface area contributed by atoms with Crippen molar-refractivity contribution in [3.05, 3.63) is 21.9 Å². The van der Waals surface area contributed by atoms with E-state index in [2.05, 4.69) is 24.4 Å². The van der Waals surface area contributed by atoms with Gasteiger partial charge in [-0.25, -0.2) is 0 Å². The topological polar surface area (TPSA) is 32.3 Å². The van der Waals surface area contributed by atoms with Gasteiger partial charge in [-0.05, 0) is 38.9 Å². The van der Waals surface area contributed by atoms with Gasteiger partial charge in [0, 0.05) is 28.9 Å². The van der Waals surface area contributed by atoms with Crippen LogP contribution >= 0.6 is 11.3 Å². The Morgan fingerprint density at radius 3 is 3.06 bits per heavy atom. The first-order valence-electron chi connectivity index (χ1n) is 6.19. The lowest BCUT2D eigenvalue weighted by Gasteiger charge is -2.32. The summed E-state index contributed by atoms with van der Waals surface area (Å²) in [5.41, 5.74) is 0. The second kappa shape index (κ2) is 5.65. The third-order valence-corrected chi connectivity index (χ3v) is 4.30. The van der Waals surface area contributed by atoms with E-state index in [0.717, 1.165) is 19.5 Å². The van der Waals surface area contributed by atoms with Crippen LogP contribution in [0.4, 0.5) is 0 Å². The highest BCUT2D eigenvalue weighted by molar-refractivity contribution is 7.12. The number of thiophene rings is 1. The number of likely N-dealkylation sites (N-methyl/N-ethyl adjacent to an activating group) is 1. The smallest absolute Gasteiger partial charge is 0.227 e. The van der Waals surface area contributed by atoms with Gasteiger partial charge in [-0.1, -0.05) is 0 Å². The minimum absolute atomic E-state index is 0.270. The maximum atomic E-state index is 12.1. The molecule has 0 bridgehead atoms. The molecule has 1 aliphatic heterocycles. The number of carbonyl (C=O) groups is 1. The number of hydrogen-bond acceptors (Lipinski definition) is 3. The molecule has 1 aromatic rings. The van der Waals surface area contributed by atoms with Crippen LogP contribution in [-0.2, 0) is 11.2 Å². The summed E-state index contributed by atoms with van der Waals surface area (Å²) in [6, 6.07) is 4.62. The molecule has 94 valence electrons. The van der Waals surface area contributed by atoms with E-state index in [0.29, 0.717) is 12.5 Å². The number of nitrogens with zero attached hydrogens (tertiary/aromatic N) is 1. The van der Waals surface area contributed by atoms with E-state index in [1.165, 1.54) is 16.2 Å². The van der Waals surface area contributed by atoms with Crippen LogP contribution < -0.4 is 5.32 Å². The molecule has 0 radical (unpaired) electrons. The number of aryl methyl sites for hydroxylation is 1. The van der Waals surface area contributed by atoms with Crippen LogP contribution in [-0.4, -0.2) is 37.0 Å².